The van der Waals surface area contributed by atoms with Gasteiger partial charge < -0.3 is 9.32 Å². The first kappa shape index (κ1) is 17.8. The summed E-state index contributed by atoms with van der Waals surface area (Å²) >= 11 is 0. The summed E-state index contributed by atoms with van der Waals surface area (Å²) in [5.74, 6) is 2.76. The average Bonchev–Trinajstić information content (AvgIpc) is 3.18. The number of nitrogens with zero attached hydrogens (tertiary/aromatic N) is 3. The lowest BCUT2D eigenvalue weighted by molar-refractivity contribution is -0.136. The van der Waals surface area contributed by atoms with E-state index >= 15 is 0 Å². The van der Waals surface area contributed by atoms with E-state index in [9.17, 15) is 4.79 Å². The second kappa shape index (κ2) is 7.46. The number of hydrogen-bond donors (Lipinski definition) is 0. The summed E-state index contributed by atoms with van der Waals surface area (Å²) in [6.07, 6.45) is 6.22. The molecule has 1 saturated heterocycles. The number of hydrogen-bond acceptors (Lipinski definition) is 3. The normalized spacial score (nSPS) is 20.9. The van der Waals surface area contributed by atoms with Gasteiger partial charge in [0, 0.05) is 32.6 Å². The van der Waals surface area contributed by atoms with Crippen LogP contribution in [0.2, 0.25) is 0 Å². The summed E-state index contributed by atoms with van der Waals surface area (Å²) in [5.41, 5.74) is 2.17. The topological polar surface area (TPSA) is 51.3 Å². The van der Waals surface area contributed by atoms with Gasteiger partial charge in [0.05, 0.1) is 11.7 Å². The Labute approximate surface area is 150 Å². The van der Waals surface area contributed by atoms with Gasteiger partial charge in [-0.15, -0.1) is 0 Å². The van der Waals surface area contributed by atoms with E-state index in [2.05, 4.69) is 18.9 Å². The monoisotopic (exact) mass is 343 g/mol. The van der Waals surface area contributed by atoms with Crippen LogP contribution >= 0.6 is 0 Å². The predicted octanol–water partition coefficient (Wildman–Crippen LogP) is 3.82. The molecule has 3 heterocycles. The molecule has 0 spiro atoms. The molecule has 0 saturated carbocycles. The van der Waals surface area contributed by atoms with E-state index < -0.39 is 0 Å². The van der Waals surface area contributed by atoms with Crippen LogP contribution < -0.4 is 0 Å². The van der Waals surface area contributed by atoms with Crippen molar-refractivity contribution in [3.05, 3.63) is 41.1 Å². The molecule has 1 aliphatic heterocycles. The fraction of sp³-hybridized carbons (Fsp3) is 0.600. The maximum Gasteiger partial charge on any atom is 0.223 e. The number of rotatable bonds is 5. The average molecular weight is 343 g/mol. The van der Waals surface area contributed by atoms with Crippen LogP contribution in [0.1, 0.15) is 61.9 Å². The standard InChI is InChI=1S/C20H29N3O2/c1-5-17-7-8-19(25-17)18-12-14(2)10-11-23(18)20(24)9-6-16-13-22(4)21-15(16)3/h7-8,13-14,18H,5-6,9-12H2,1-4H3. The van der Waals surface area contributed by atoms with E-state index in [0.29, 0.717) is 12.3 Å². The SMILES string of the molecule is CCc1ccc(C2CC(C)CCN2C(=O)CCc2cn(C)nc2C)o1. The molecule has 0 N–H and O–H groups in total. The van der Waals surface area contributed by atoms with Gasteiger partial charge in [-0.1, -0.05) is 13.8 Å². The number of furan rings is 1. The summed E-state index contributed by atoms with van der Waals surface area (Å²) in [6.45, 7) is 7.17. The van der Waals surface area contributed by atoms with Gasteiger partial charge in [0.2, 0.25) is 5.91 Å². The first-order valence-corrected chi connectivity index (χ1v) is 9.35. The Kier molecular flexibility index (Phi) is 5.30. The van der Waals surface area contributed by atoms with Crippen LogP contribution in [0.3, 0.4) is 0 Å². The summed E-state index contributed by atoms with van der Waals surface area (Å²) < 4.78 is 7.79. The van der Waals surface area contributed by atoms with Crippen molar-refractivity contribution < 1.29 is 9.21 Å². The van der Waals surface area contributed by atoms with Crippen molar-refractivity contribution in [2.75, 3.05) is 6.54 Å². The lowest BCUT2D eigenvalue weighted by atomic mass is 9.90. The highest BCUT2D eigenvalue weighted by Gasteiger charge is 2.32. The summed E-state index contributed by atoms with van der Waals surface area (Å²) in [4.78, 5) is 14.9. The molecule has 2 aromatic heterocycles. The molecular weight excluding hydrogens is 314 g/mol. The molecule has 25 heavy (non-hydrogen) atoms. The van der Waals surface area contributed by atoms with Crippen molar-refractivity contribution >= 4 is 5.91 Å². The van der Waals surface area contributed by atoms with Crippen LogP contribution in [0.5, 0.6) is 0 Å². The van der Waals surface area contributed by atoms with Gasteiger partial charge in [0.15, 0.2) is 0 Å². The molecule has 1 aliphatic rings. The van der Waals surface area contributed by atoms with Crippen LogP contribution in [0.4, 0.5) is 0 Å². The fourth-order valence-corrected chi connectivity index (χ4v) is 3.75. The van der Waals surface area contributed by atoms with Gasteiger partial charge in [0.25, 0.3) is 0 Å². The van der Waals surface area contributed by atoms with E-state index in [1.54, 1.807) is 0 Å². The lowest BCUT2D eigenvalue weighted by Gasteiger charge is -2.37. The molecule has 0 bridgehead atoms. The molecule has 1 fully saturated rings. The number of amides is 1. The molecule has 136 valence electrons. The maximum atomic E-state index is 12.9. The number of aryl methyl sites for hydroxylation is 4. The predicted molar refractivity (Wildman–Crippen MR) is 97.2 cm³/mol. The second-order valence-corrected chi connectivity index (χ2v) is 7.30. The first-order chi connectivity index (χ1) is 12.0. The van der Waals surface area contributed by atoms with Gasteiger partial charge in [-0.25, -0.2) is 0 Å². The van der Waals surface area contributed by atoms with Crippen LogP contribution in [-0.4, -0.2) is 27.1 Å². The maximum absolute atomic E-state index is 12.9. The van der Waals surface area contributed by atoms with E-state index in [4.69, 9.17) is 4.42 Å². The van der Waals surface area contributed by atoms with Gasteiger partial charge in [-0.2, -0.15) is 5.10 Å². The van der Waals surface area contributed by atoms with Crippen LogP contribution in [0.25, 0.3) is 0 Å². The van der Waals surface area contributed by atoms with Crippen LogP contribution in [-0.2, 0) is 24.7 Å². The van der Waals surface area contributed by atoms with Gasteiger partial charge in [0.1, 0.15) is 11.5 Å². The molecule has 0 radical (unpaired) electrons. The van der Waals surface area contributed by atoms with Crippen LogP contribution in [0.15, 0.2) is 22.7 Å². The fourth-order valence-electron chi connectivity index (χ4n) is 3.75. The molecule has 5 heteroatoms. The minimum absolute atomic E-state index is 0.0755. The van der Waals surface area contributed by atoms with Crippen molar-refractivity contribution in [3.63, 3.8) is 0 Å². The van der Waals surface area contributed by atoms with Crippen molar-refractivity contribution in [2.24, 2.45) is 13.0 Å². The number of carbonyl (C=O) groups is 1. The smallest absolute Gasteiger partial charge is 0.223 e. The number of aromatic nitrogens is 2. The zero-order chi connectivity index (χ0) is 18.0. The number of likely N-dealkylation sites (tertiary alicyclic amines) is 1. The third-order valence-electron chi connectivity index (χ3n) is 5.27. The molecule has 5 nitrogen and oxygen atoms in total. The Hall–Kier alpha value is -2.04. The second-order valence-electron chi connectivity index (χ2n) is 7.30. The molecule has 0 aromatic carbocycles. The third kappa shape index (κ3) is 3.97. The summed E-state index contributed by atoms with van der Waals surface area (Å²) in [7, 11) is 1.92. The van der Waals surface area contributed by atoms with E-state index in [1.807, 2.05) is 41.9 Å². The Morgan fingerprint density at radius 3 is 2.84 bits per heavy atom. The van der Waals surface area contributed by atoms with Gasteiger partial charge in [-0.05, 0) is 49.8 Å². The Morgan fingerprint density at radius 1 is 1.40 bits per heavy atom. The lowest BCUT2D eigenvalue weighted by Crippen LogP contribution is -2.40. The van der Waals surface area contributed by atoms with E-state index in [0.717, 1.165) is 55.0 Å². The van der Waals surface area contributed by atoms with Crippen LogP contribution in [0, 0.1) is 12.8 Å². The first-order valence-electron chi connectivity index (χ1n) is 9.35. The zero-order valence-electron chi connectivity index (χ0n) is 15.8. The Balaban J connectivity index is 1.71. The summed E-state index contributed by atoms with van der Waals surface area (Å²) in [6, 6.07) is 4.16. The highest BCUT2D eigenvalue weighted by molar-refractivity contribution is 5.77. The van der Waals surface area contributed by atoms with Gasteiger partial charge in [-0.3, -0.25) is 9.48 Å². The number of piperidine rings is 1. The number of carbonyl (C=O) groups excluding carboxylic acids is 1. The highest BCUT2D eigenvalue weighted by atomic mass is 16.3. The molecule has 2 unspecified atom stereocenters. The third-order valence-corrected chi connectivity index (χ3v) is 5.27. The Bertz CT molecular complexity index is 731. The minimum Gasteiger partial charge on any atom is -0.464 e. The highest BCUT2D eigenvalue weighted by Crippen LogP contribution is 2.35. The molecule has 0 aliphatic carbocycles. The van der Waals surface area contributed by atoms with Crippen molar-refractivity contribution in [3.8, 4) is 0 Å². The summed E-state index contributed by atoms with van der Waals surface area (Å²) in [5, 5.41) is 4.36. The molecule has 2 atom stereocenters. The van der Waals surface area contributed by atoms with E-state index in [-0.39, 0.29) is 11.9 Å². The Morgan fingerprint density at radius 2 is 2.20 bits per heavy atom. The van der Waals surface area contributed by atoms with E-state index in [1.165, 1.54) is 0 Å². The quantitative estimate of drug-likeness (QED) is 0.829. The molecular formula is C20H29N3O2. The largest absolute Gasteiger partial charge is 0.464 e. The zero-order valence-corrected chi connectivity index (χ0v) is 15.8. The van der Waals surface area contributed by atoms with Crippen molar-refractivity contribution in [1.29, 1.82) is 0 Å². The van der Waals surface area contributed by atoms with Gasteiger partial charge >= 0.3 is 0 Å². The molecule has 3 rings (SSSR count). The minimum atomic E-state index is 0.0755. The van der Waals surface area contributed by atoms with Crippen molar-refractivity contribution in [1.82, 2.24) is 14.7 Å². The molecule has 1 amide bonds. The molecule has 2 aromatic rings. The van der Waals surface area contributed by atoms with Crippen molar-refractivity contribution in [2.45, 2.75) is 58.9 Å².